The number of likely N-dealkylation sites (tertiary alicyclic amines) is 1. The summed E-state index contributed by atoms with van der Waals surface area (Å²) in [7, 11) is 0. The fraction of sp³-hybridized carbons (Fsp3) is 0.464. The van der Waals surface area contributed by atoms with Gasteiger partial charge in [-0.05, 0) is 73.9 Å². The van der Waals surface area contributed by atoms with Gasteiger partial charge in [0.05, 0.1) is 12.6 Å². The van der Waals surface area contributed by atoms with E-state index in [1.807, 2.05) is 36.9 Å². The summed E-state index contributed by atoms with van der Waals surface area (Å²) in [5.41, 5.74) is 2.40. The minimum absolute atomic E-state index is 0.00579. The zero-order valence-corrected chi connectivity index (χ0v) is 20.8. The molecule has 0 aliphatic carbocycles. The van der Waals surface area contributed by atoms with E-state index < -0.39 is 11.6 Å². The van der Waals surface area contributed by atoms with Gasteiger partial charge in [0.25, 0.3) is 11.8 Å². The maximum absolute atomic E-state index is 13.9. The van der Waals surface area contributed by atoms with Crippen molar-refractivity contribution in [1.82, 2.24) is 15.1 Å². The predicted molar refractivity (Wildman–Crippen MR) is 132 cm³/mol. The normalized spacial score (nSPS) is 24.9. The van der Waals surface area contributed by atoms with E-state index in [0.29, 0.717) is 51.1 Å². The summed E-state index contributed by atoms with van der Waals surface area (Å²) in [4.78, 5) is 43.5. The molecule has 2 aromatic carbocycles. The lowest BCUT2D eigenvalue weighted by molar-refractivity contribution is -0.135. The molecule has 2 atom stereocenters. The number of carbonyl (C=O) groups is 3. The second kappa shape index (κ2) is 9.65. The molecule has 8 heteroatoms. The number of nitrogens with one attached hydrogen (secondary N) is 1. The fourth-order valence-corrected chi connectivity index (χ4v) is 5.86. The van der Waals surface area contributed by atoms with Crippen LogP contribution in [0.4, 0.5) is 9.18 Å². The van der Waals surface area contributed by atoms with E-state index in [1.165, 1.54) is 17.0 Å². The summed E-state index contributed by atoms with van der Waals surface area (Å²) in [6.07, 6.45) is 2.06. The predicted octanol–water partition coefficient (Wildman–Crippen LogP) is 3.62. The van der Waals surface area contributed by atoms with Gasteiger partial charge in [-0.25, -0.2) is 9.18 Å². The van der Waals surface area contributed by atoms with Crippen LogP contribution in [0, 0.1) is 25.6 Å². The summed E-state index contributed by atoms with van der Waals surface area (Å²) in [6.45, 7) is 5.81. The molecule has 4 amide bonds. The molecule has 0 spiro atoms. The first-order valence-electron chi connectivity index (χ1n) is 12.6. The topological polar surface area (TPSA) is 79.0 Å². The molecule has 190 valence electrons. The lowest BCUT2D eigenvalue weighted by atomic mass is 9.73. The Morgan fingerprint density at radius 2 is 1.81 bits per heavy atom. The van der Waals surface area contributed by atoms with Crippen LogP contribution in [0.1, 0.15) is 46.3 Å². The van der Waals surface area contributed by atoms with Gasteiger partial charge in [0.1, 0.15) is 11.4 Å². The molecule has 1 N–H and O–H groups in total. The largest absolute Gasteiger partial charge is 0.379 e. The number of benzene rings is 2. The number of carbonyl (C=O) groups excluding carboxylic acids is 3. The Kier molecular flexibility index (Phi) is 6.55. The number of hydrogen-bond donors (Lipinski definition) is 1. The Labute approximate surface area is 210 Å². The van der Waals surface area contributed by atoms with Crippen LogP contribution in [0.25, 0.3) is 0 Å². The Morgan fingerprint density at radius 3 is 2.47 bits per heavy atom. The van der Waals surface area contributed by atoms with Crippen LogP contribution in [0.3, 0.4) is 0 Å². The molecule has 0 aromatic heterocycles. The molecule has 3 heterocycles. The van der Waals surface area contributed by atoms with Gasteiger partial charge < -0.3 is 15.0 Å². The monoisotopic (exact) mass is 493 g/mol. The van der Waals surface area contributed by atoms with Crippen LogP contribution in [-0.2, 0) is 16.0 Å². The third-order valence-electron chi connectivity index (χ3n) is 8.13. The van der Waals surface area contributed by atoms with E-state index in [9.17, 15) is 18.8 Å². The number of rotatable bonds is 5. The van der Waals surface area contributed by atoms with Gasteiger partial charge in [-0.1, -0.05) is 24.3 Å². The summed E-state index contributed by atoms with van der Waals surface area (Å²) in [5, 5.41) is 3.05. The highest BCUT2D eigenvalue weighted by Crippen LogP contribution is 2.38. The van der Waals surface area contributed by atoms with Crippen molar-refractivity contribution in [1.29, 1.82) is 0 Å². The molecule has 3 saturated heterocycles. The fourth-order valence-electron chi connectivity index (χ4n) is 5.86. The van der Waals surface area contributed by atoms with Crippen LogP contribution in [0.2, 0.25) is 0 Å². The minimum Gasteiger partial charge on any atom is -0.379 e. The zero-order chi connectivity index (χ0) is 25.4. The van der Waals surface area contributed by atoms with Gasteiger partial charge in [-0.15, -0.1) is 0 Å². The van der Waals surface area contributed by atoms with Crippen molar-refractivity contribution in [2.75, 3.05) is 26.3 Å². The summed E-state index contributed by atoms with van der Waals surface area (Å²) in [6, 6.07) is 11.1. The first kappa shape index (κ1) is 24.4. The highest BCUT2D eigenvalue weighted by Gasteiger charge is 2.57. The van der Waals surface area contributed by atoms with E-state index in [1.54, 1.807) is 12.1 Å². The molecule has 2 aromatic rings. The molecule has 0 radical (unpaired) electrons. The molecule has 5 rings (SSSR count). The summed E-state index contributed by atoms with van der Waals surface area (Å²) in [5.74, 6) is -0.757. The molecule has 7 nitrogen and oxygen atoms in total. The molecule has 3 fully saturated rings. The summed E-state index contributed by atoms with van der Waals surface area (Å²) < 4.78 is 19.0. The molecular formula is C28H32FN3O4. The van der Waals surface area contributed by atoms with Crippen molar-refractivity contribution >= 4 is 17.8 Å². The first-order valence-corrected chi connectivity index (χ1v) is 12.6. The molecule has 3 aliphatic rings. The third kappa shape index (κ3) is 4.28. The summed E-state index contributed by atoms with van der Waals surface area (Å²) >= 11 is 0. The van der Waals surface area contributed by atoms with Crippen molar-refractivity contribution in [3.05, 3.63) is 70.5 Å². The minimum atomic E-state index is -1.13. The lowest BCUT2D eigenvalue weighted by Crippen LogP contribution is -2.58. The van der Waals surface area contributed by atoms with Gasteiger partial charge >= 0.3 is 6.03 Å². The molecule has 2 unspecified atom stereocenters. The maximum Gasteiger partial charge on any atom is 0.325 e. The van der Waals surface area contributed by atoms with Crippen molar-refractivity contribution in [3.8, 4) is 0 Å². The average molecular weight is 494 g/mol. The van der Waals surface area contributed by atoms with Crippen LogP contribution in [0.15, 0.2) is 42.5 Å². The molecule has 3 aliphatic heterocycles. The van der Waals surface area contributed by atoms with Crippen LogP contribution < -0.4 is 5.32 Å². The number of halogens is 1. The average Bonchev–Trinajstić information content (AvgIpc) is 3.48. The molecular weight excluding hydrogens is 461 g/mol. The Balaban J connectivity index is 1.39. The zero-order valence-electron chi connectivity index (χ0n) is 20.8. The van der Waals surface area contributed by atoms with Crippen LogP contribution in [0.5, 0.6) is 0 Å². The van der Waals surface area contributed by atoms with Crippen LogP contribution >= 0.6 is 0 Å². The van der Waals surface area contributed by atoms with Gasteiger partial charge in [0, 0.05) is 31.7 Å². The second-order valence-corrected chi connectivity index (χ2v) is 10.2. The van der Waals surface area contributed by atoms with E-state index >= 15 is 0 Å². The molecule has 0 bridgehead atoms. The van der Waals surface area contributed by atoms with Gasteiger partial charge in [0.2, 0.25) is 0 Å². The van der Waals surface area contributed by atoms with Crippen molar-refractivity contribution in [2.45, 2.75) is 51.1 Å². The number of nitrogens with zero attached hydrogens (tertiary/aromatic N) is 2. The SMILES string of the molecule is Cc1cccc(C(=O)N2CCC(C3(Cc4ccc(F)cc4)NC(=O)N(C4CCOC4)C3=O)CC2)c1C. The third-order valence-corrected chi connectivity index (χ3v) is 8.13. The number of hydrogen-bond acceptors (Lipinski definition) is 4. The van der Waals surface area contributed by atoms with E-state index in [0.717, 1.165) is 16.7 Å². The number of amides is 4. The standard InChI is InChI=1S/C28H32FN3O4/c1-18-4-3-5-24(19(18)2)25(33)31-13-10-21(11-14-31)28(16-20-6-8-22(29)9-7-20)26(34)32(27(35)30-28)23-12-15-36-17-23/h3-9,21,23H,10-17H2,1-2H3,(H,30,35). The van der Waals surface area contributed by atoms with Gasteiger partial charge in [-0.2, -0.15) is 0 Å². The van der Waals surface area contributed by atoms with Gasteiger partial charge in [-0.3, -0.25) is 14.5 Å². The van der Waals surface area contributed by atoms with Crippen molar-refractivity contribution in [2.24, 2.45) is 5.92 Å². The Hall–Kier alpha value is -3.26. The quantitative estimate of drug-likeness (QED) is 0.646. The highest BCUT2D eigenvalue weighted by atomic mass is 19.1. The lowest BCUT2D eigenvalue weighted by Gasteiger charge is -2.41. The van der Waals surface area contributed by atoms with E-state index in [-0.39, 0.29) is 36.0 Å². The van der Waals surface area contributed by atoms with Gasteiger partial charge in [0.15, 0.2) is 0 Å². The number of urea groups is 1. The number of ether oxygens (including phenoxy) is 1. The van der Waals surface area contributed by atoms with Crippen molar-refractivity contribution < 1.29 is 23.5 Å². The van der Waals surface area contributed by atoms with E-state index in [4.69, 9.17) is 4.74 Å². The first-order chi connectivity index (χ1) is 17.3. The van der Waals surface area contributed by atoms with Crippen LogP contribution in [-0.4, -0.2) is 65.5 Å². The Morgan fingerprint density at radius 1 is 1.08 bits per heavy atom. The number of piperidine rings is 1. The second-order valence-electron chi connectivity index (χ2n) is 10.2. The molecule has 0 saturated carbocycles. The number of aryl methyl sites for hydroxylation is 1. The molecule has 36 heavy (non-hydrogen) atoms. The van der Waals surface area contributed by atoms with E-state index in [2.05, 4.69) is 5.32 Å². The smallest absolute Gasteiger partial charge is 0.325 e. The maximum atomic E-state index is 13.9. The Bertz CT molecular complexity index is 1170. The highest BCUT2D eigenvalue weighted by molar-refractivity contribution is 6.08. The van der Waals surface area contributed by atoms with Crippen molar-refractivity contribution in [3.63, 3.8) is 0 Å². The number of imide groups is 1.